The molecule has 0 atom stereocenters. The zero-order chi connectivity index (χ0) is 14.7. The quantitative estimate of drug-likeness (QED) is 0.623. The van der Waals surface area contributed by atoms with Gasteiger partial charge in [0.05, 0.1) is 0 Å². The summed E-state index contributed by atoms with van der Waals surface area (Å²) in [5.74, 6) is -0.590. The van der Waals surface area contributed by atoms with E-state index >= 15 is 0 Å². The lowest BCUT2D eigenvalue weighted by molar-refractivity contribution is -0.134. The Morgan fingerprint density at radius 2 is 1.80 bits per heavy atom. The van der Waals surface area contributed by atoms with E-state index in [0.717, 1.165) is 11.1 Å². The van der Waals surface area contributed by atoms with Crippen molar-refractivity contribution in [3.05, 3.63) is 65.4 Å². The lowest BCUT2D eigenvalue weighted by Gasteiger charge is -2.16. The van der Waals surface area contributed by atoms with Crippen molar-refractivity contribution in [1.29, 1.82) is 0 Å². The molecule has 0 fully saturated rings. The van der Waals surface area contributed by atoms with Crippen LogP contribution < -0.4 is 0 Å². The van der Waals surface area contributed by atoms with Gasteiger partial charge in [-0.25, -0.2) is 4.90 Å². The van der Waals surface area contributed by atoms with Crippen LogP contribution in [-0.2, 0) is 9.59 Å². The van der Waals surface area contributed by atoms with Crippen molar-refractivity contribution < 1.29 is 9.59 Å². The second-order valence-electron chi connectivity index (χ2n) is 4.76. The fraction of sp³-hybridized carbons (Fsp3) is 0.176. The van der Waals surface area contributed by atoms with Gasteiger partial charge in [0.25, 0.3) is 11.8 Å². The van der Waals surface area contributed by atoms with Gasteiger partial charge in [0, 0.05) is 17.8 Å². The minimum absolute atomic E-state index is 0.295. The van der Waals surface area contributed by atoms with Gasteiger partial charge in [-0.3, -0.25) is 9.59 Å². The molecule has 0 spiro atoms. The molecule has 3 heteroatoms. The first-order valence-corrected chi connectivity index (χ1v) is 6.50. The smallest absolute Gasteiger partial charge is 0.258 e. The number of imide groups is 1. The van der Waals surface area contributed by atoms with E-state index in [-0.39, 0.29) is 11.8 Å². The number of aryl methyl sites for hydroxylation is 1. The highest BCUT2D eigenvalue weighted by Crippen LogP contribution is 2.21. The Kier molecular flexibility index (Phi) is 3.99. The van der Waals surface area contributed by atoms with E-state index in [1.165, 1.54) is 22.6 Å². The molecule has 102 valence electrons. The summed E-state index contributed by atoms with van der Waals surface area (Å²) in [7, 11) is 0. The molecule has 1 aliphatic rings. The molecule has 0 aromatic heterocycles. The number of carbonyl (C=O) groups is 2. The van der Waals surface area contributed by atoms with E-state index in [0.29, 0.717) is 5.70 Å². The Morgan fingerprint density at radius 3 is 2.35 bits per heavy atom. The Morgan fingerprint density at radius 1 is 1.15 bits per heavy atom. The Labute approximate surface area is 118 Å². The molecule has 0 unspecified atom stereocenters. The van der Waals surface area contributed by atoms with Gasteiger partial charge in [0.2, 0.25) is 0 Å². The summed E-state index contributed by atoms with van der Waals surface area (Å²) >= 11 is 0. The SMILES string of the molecule is C/C=C(\C=C(\C)c1cccc(C)c1)N1C(=O)C=CC1=O. The van der Waals surface area contributed by atoms with Gasteiger partial charge < -0.3 is 0 Å². The topological polar surface area (TPSA) is 37.4 Å². The molecule has 2 rings (SSSR count). The van der Waals surface area contributed by atoms with Gasteiger partial charge in [-0.15, -0.1) is 0 Å². The second kappa shape index (κ2) is 5.70. The van der Waals surface area contributed by atoms with Crippen LogP contribution in [0.2, 0.25) is 0 Å². The first-order valence-electron chi connectivity index (χ1n) is 6.50. The van der Waals surface area contributed by atoms with Crippen molar-refractivity contribution in [3.63, 3.8) is 0 Å². The van der Waals surface area contributed by atoms with Crippen LogP contribution in [0.15, 0.2) is 54.3 Å². The molecule has 0 saturated heterocycles. The number of hydrogen-bond donors (Lipinski definition) is 0. The molecule has 0 bridgehead atoms. The highest BCUT2D eigenvalue weighted by Gasteiger charge is 2.25. The molecule has 1 aliphatic heterocycles. The van der Waals surface area contributed by atoms with Crippen molar-refractivity contribution >= 4 is 17.4 Å². The van der Waals surface area contributed by atoms with E-state index in [2.05, 4.69) is 6.07 Å². The molecule has 0 saturated carbocycles. The molecule has 0 N–H and O–H groups in total. The fourth-order valence-corrected chi connectivity index (χ4v) is 2.13. The third-order valence-electron chi connectivity index (χ3n) is 3.20. The predicted octanol–water partition coefficient (Wildman–Crippen LogP) is 3.23. The van der Waals surface area contributed by atoms with Crippen LogP contribution in [0.5, 0.6) is 0 Å². The molecular weight excluding hydrogens is 250 g/mol. The Balaban J connectivity index is 2.32. The average molecular weight is 267 g/mol. The number of allylic oxidation sites excluding steroid dienone is 3. The molecule has 0 aliphatic carbocycles. The highest BCUT2D eigenvalue weighted by molar-refractivity contribution is 6.14. The average Bonchev–Trinajstić information content (AvgIpc) is 2.75. The van der Waals surface area contributed by atoms with Crippen molar-refractivity contribution in [2.75, 3.05) is 0 Å². The summed E-state index contributed by atoms with van der Waals surface area (Å²) in [6, 6.07) is 8.11. The van der Waals surface area contributed by atoms with Crippen LogP contribution >= 0.6 is 0 Å². The van der Waals surface area contributed by atoms with Crippen molar-refractivity contribution in [1.82, 2.24) is 4.90 Å². The van der Waals surface area contributed by atoms with Gasteiger partial charge in [0.1, 0.15) is 0 Å². The molecule has 1 aromatic rings. The Bertz CT molecular complexity index is 633. The van der Waals surface area contributed by atoms with Crippen molar-refractivity contribution in [2.45, 2.75) is 20.8 Å². The van der Waals surface area contributed by atoms with Crippen LogP contribution in [0.4, 0.5) is 0 Å². The summed E-state index contributed by atoms with van der Waals surface area (Å²) < 4.78 is 0. The highest BCUT2D eigenvalue weighted by atomic mass is 16.2. The summed E-state index contributed by atoms with van der Waals surface area (Å²) in [6.07, 6.45) is 6.21. The van der Waals surface area contributed by atoms with Crippen molar-refractivity contribution in [3.8, 4) is 0 Å². The summed E-state index contributed by atoms with van der Waals surface area (Å²) in [5, 5.41) is 0. The van der Waals surface area contributed by atoms with Gasteiger partial charge in [-0.1, -0.05) is 35.9 Å². The van der Waals surface area contributed by atoms with Crippen molar-refractivity contribution in [2.24, 2.45) is 0 Å². The zero-order valence-electron chi connectivity index (χ0n) is 11.9. The first kappa shape index (κ1) is 14.0. The predicted molar refractivity (Wildman–Crippen MR) is 79.6 cm³/mol. The molecule has 2 amide bonds. The number of amides is 2. The van der Waals surface area contributed by atoms with Gasteiger partial charge >= 0.3 is 0 Å². The van der Waals surface area contributed by atoms with Crippen LogP contribution in [0.3, 0.4) is 0 Å². The maximum atomic E-state index is 11.7. The fourth-order valence-electron chi connectivity index (χ4n) is 2.13. The molecule has 0 radical (unpaired) electrons. The molecule has 1 heterocycles. The molecule has 1 aromatic carbocycles. The van der Waals surface area contributed by atoms with E-state index in [9.17, 15) is 9.59 Å². The number of rotatable bonds is 3. The number of hydrogen-bond acceptors (Lipinski definition) is 2. The van der Waals surface area contributed by atoms with E-state index in [1.807, 2.05) is 45.0 Å². The van der Waals surface area contributed by atoms with Gasteiger partial charge in [-0.05, 0) is 38.0 Å². The number of benzene rings is 1. The lowest BCUT2D eigenvalue weighted by atomic mass is 10.0. The largest absolute Gasteiger partial charge is 0.269 e. The van der Waals surface area contributed by atoms with E-state index in [1.54, 1.807) is 6.08 Å². The number of carbonyl (C=O) groups excluding carboxylic acids is 2. The van der Waals surface area contributed by atoms with Gasteiger partial charge in [-0.2, -0.15) is 0 Å². The van der Waals surface area contributed by atoms with E-state index < -0.39 is 0 Å². The lowest BCUT2D eigenvalue weighted by Crippen LogP contribution is -2.28. The van der Waals surface area contributed by atoms with Gasteiger partial charge in [0.15, 0.2) is 0 Å². The van der Waals surface area contributed by atoms with E-state index in [4.69, 9.17) is 0 Å². The summed E-state index contributed by atoms with van der Waals surface area (Å²) in [6.45, 7) is 5.82. The maximum Gasteiger partial charge on any atom is 0.258 e. The number of nitrogens with zero attached hydrogens (tertiary/aromatic N) is 1. The summed E-state index contributed by atoms with van der Waals surface area (Å²) in [5.41, 5.74) is 3.86. The van der Waals surface area contributed by atoms with Crippen LogP contribution in [-0.4, -0.2) is 16.7 Å². The standard InChI is InChI=1S/C17H17NO2/c1-4-15(18-16(19)8-9-17(18)20)11-13(3)14-7-5-6-12(2)10-14/h4-11H,1-3H3/b13-11-,15-4+. The summed E-state index contributed by atoms with van der Waals surface area (Å²) in [4.78, 5) is 24.6. The molecule has 20 heavy (non-hydrogen) atoms. The minimum atomic E-state index is -0.295. The normalized spacial score (nSPS) is 16.2. The Hall–Kier alpha value is -2.42. The third kappa shape index (κ3) is 2.77. The van der Waals surface area contributed by atoms with Crippen LogP contribution in [0.1, 0.15) is 25.0 Å². The third-order valence-corrected chi connectivity index (χ3v) is 3.20. The van der Waals surface area contributed by atoms with Crippen LogP contribution in [0.25, 0.3) is 5.57 Å². The zero-order valence-corrected chi connectivity index (χ0v) is 11.9. The monoisotopic (exact) mass is 267 g/mol. The second-order valence-corrected chi connectivity index (χ2v) is 4.76. The minimum Gasteiger partial charge on any atom is -0.269 e. The first-order chi connectivity index (χ1) is 9.52. The van der Waals surface area contributed by atoms with Crippen LogP contribution in [0, 0.1) is 6.92 Å². The molecule has 3 nitrogen and oxygen atoms in total. The maximum absolute atomic E-state index is 11.7. The molecular formula is C17H17NO2.